The van der Waals surface area contributed by atoms with E-state index in [0.717, 1.165) is 0 Å². The Balaban J connectivity index is 2.57. The Labute approximate surface area is 105 Å². The molecule has 16 heavy (non-hydrogen) atoms. The molecule has 0 aliphatic heterocycles. The highest BCUT2D eigenvalue weighted by Gasteiger charge is 2.13. The fourth-order valence-electron chi connectivity index (χ4n) is 1.19. The first-order chi connectivity index (χ1) is 7.49. The van der Waals surface area contributed by atoms with Crippen LogP contribution in [-0.2, 0) is 4.79 Å². The minimum Gasteiger partial charge on any atom is -0.393 e. The summed E-state index contributed by atoms with van der Waals surface area (Å²) in [5, 5.41) is 3.40. The molecule has 1 aromatic carbocycles. The first kappa shape index (κ1) is 12.9. The van der Waals surface area contributed by atoms with Gasteiger partial charge in [0.15, 0.2) is 0 Å². The number of rotatable bonds is 4. The molecule has 1 aromatic rings. The van der Waals surface area contributed by atoms with Crippen LogP contribution >= 0.6 is 23.8 Å². The number of anilines is 1. The zero-order valence-corrected chi connectivity index (χ0v) is 10.4. The standard InChI is InChI=1S/C11H13ClN2OS/c1-7(6-10(13)16)11(15)14-9-4-2-8(12)3-5-9/h2-5,7H,6H2,1H3,(H2,13,16)(H,14,15). The van der Waals surface area contributed by atoms with Gasteiger partial charge in [0.25, 0.3) is 0 Å². The van der Waals surface area contributed by atoms with Crippen LogP contribution in [0.1, 0.15) is 13.3 Å². The Bertz CT molecular complexity index is 391. The monoisotopic (exact) mass is 256 g/mol. The molecule has 1 rings (SSSR count). The molecule has 1 unspecified atom stereocenters. The second-order valence-electron chi connectivity index (χ2n) is 3.57. The van der Waals surface area contributed by atoms with Gasteiger partial charge in [0.1, 0.15) is 0 Å². The largest absolute Gasteiger partial charge is 0.393 e. The molecule has 1 amide bonds. The van der Waals surface area contributed by atoms with Crippen molar-refractivity contribution in [3.63, 3.8) is 0 Å². The van der Waals surface area contributed by atoms with E-state index in [1.165, 1.54) is 0 Å². The summed E-state index contributed by atoms with van der Waals surface area (Å²) in [7, 11) is 0. The van der Waals surface area contributed by atoms with Gasteiger partial charge in [-0.3, -0.25) is 4.79 Å². The summed E-state index contributed by atoms with van der Waals surface area (Å²) >= 11 is 10.5. The first-order valence-corrected chi connectivity index (χ1v) is 5.62. The Kier molecular flexibility index (Phi) is 4.71. The van der Waals surface area contributed by atoms with Crippen LogP contribution in [0.3, 0.4) is 0 Å². The molecule has 3 nitrogen and oxygen atoms in total. The van der Waals surface area contributed by atoms with Crippen molar-refractivity contribution in [2.75, 3.05) is 5.32 Å². The molecule has 0 saturated heterocycles. The van der Waals surface area contributed by atoms with E-state index in [2.05, 4.69) is 5.32 Å². The van der Waals surface area contributed by atoms with E-state index in [9.17, 15) is 4.79 Å². The van der Waals surface area contributed by atoms with E-state index in [4.69, 9.17) is 29.6 Å². The molecule has 3 N–H and O–H groups in total. The predicted octanol–water partition coefficient (Wildman–Crippen LogP) is 2.59. The Morgan fingerprint density at radius 2 is 2.06 bits per heavy atom. The number of nitrogens with two attached hydrogens (primary N) is 1. The quantitative estimate of drug-likeness (QED) is 0.815. The number of hydrogen-bond donors (Lipinski definition) is 2. The van der Waals surface area contributed by atoms with Crippen LogP contribution < -0.4 is 11.1 Å². The fourth-order valence-corrected chi connectivity index (χ4v) is 1.57. The van der Waals surface area contributed by atoms with Crippen molar-refractivity contribution in [3.05, 3.63) is 29.3 Å². The molecular weight excluding hydrogens is 244 g/mol. The van der Waals surface area contributed by atoms with Gasteiger partial charge in [-0.05, 0) is 24.3 Å². The number of carbonyl (C=O) groups excluding carboxylic acids is 1. The molecule has 0 spiro atoms. The van der Waals surface area contributed by atoms with Crippen LogP contribution in [0, 0.1) is 5.92 Å². The van der Waals surface area contributed by atoms with E-state index >= 15 is 0 Å². The number of carbonyl (C=O) groups is 1. The van der Waals surface area contributed by atoms with E-state index < -0.39 is 0 Å². The third-order valence-electron chi connectivity index (χ3n) is 2.07. The summed E-state index contributed by atoms with van der Waals surface area (Å²) in [6, 6.07) is 6.92. The van der Waals surface area contributed by atoms with Crippen LogP contribution in [0.4, 0.5) is 5.69 Å². The molecule has 1 atom stereocenters. The molecule has 86 valence electrons. The average Bonchev–Trinajstić information content (AvgIpc) is 2.20. The van der Waals surface area contributed by atoms with Crippen molar-refractivity contribution in [1.82, 2.24) is 0 Å². The number of benzene rings is 1. The van der Waals surface area contributed by atoms with Crippen LogP contribution in [-0.4, -0.2) is 10.9 Å². The van der Waals surface area contributed by atoms with Crippen LogP contribution in [0.15, 0.2) is 24.3 Å². The average molecular weight is 257 g/mol. The maximum Gasteiger partial charge on any atom is 0.227 e. The van der Waals surface area contributed by atoms with Crippen LogP contribution in [0.2, 0.25) is 5.02 Å². The van der Waals surface area contributed by atoms with Crippen molar-refractivity contribution >= 4 is 40.4 Å². The number of nitrogens with one attached hydrogen (secondary N) is 1. The lowest BCUT2D eigenvalue weighted by atomic mass is 10.1. The molecule has 0 fully saturated rings. The lowest BCUT2D eigenvalue weighted by Crippen LogP contribution is -2.24. The highest BCUT2D eigenvalue weighted by Crippen LogP contribution is 2.14. The van der Waals surface area contributed by atoms with Crippen molar-refractivity contribution in [2.45, 2.75) is 13.3 Å². The lowest BCUT2D eigenvalue weighted by molar-refractivity contribution is -0.119. The van der Waals surface area contributed by atoms with Gasteiger partial charge >= 0.3 is 0 Å². The zero-order valence-electron chi connectivity index (χ0n) is 8.87. The van der Waals surface area contributed by atoms with Gasteiger partial charge in [-0.15, -0.1) is 0 Å². The van der Waals surface area contributed by atoms with Gasteiger partial charge in [0.2, 0.25) is 5.91 Å². The molecule has 0 aromatic heterocycles. The van der Waals surface area contributed by atoms with Gasteiger partial charge in [-0.1, -0.05) is 30.7 Å². The van der Waals surface area contributed by atoms with Crippen LogP contribution in [0.25, 0.3) is 0 Å². The summed E-state index contributed by atoms with van der Waals surface area (Å²) in [4.78, 5) is 12.0. The van der Waals surface area contributed by atoms with Crippen molar-refractivity contribution in [2.24, 2.45) is 11.7 Å². The zero-order chi connectivity index (χ0) is 12.1. The molecule has 5 heteroatoms. The van der Waals surface area contributed by atoms with Crippen molar-refractivity contribution < 1.29 is 4.79 Å². The SMILES string of the molecule is CC(CC(N)=S)C(=O)Nc1ccc(Cl)cc1. The highest BCUT2D eigenvalue weighted by atomic mass is 35.5. The van der Waals surface area contributed by atoms with Crippen molar-refractivity contribution in [1.29, 1.82) is 0 Å². The molecule has 0 heterocycles. The number of hydrogen-bond acceptors (Lipinski definition) is 2. The Hall–Kier alpha value is -1.13. The minimum atomic E-state index is -0.229. The normalized spacial score (nSPS) is 11.9. The van der Waals surface area contributed by atoms with Gasteiger partial charge in [0.05, 0.1) is 4.99 Å². The predicted molar refractivity (Wildman–Crippen MR) is 70.6 cm³/mol. The minimum absolute atomic E-state index is 0.102. The lowest BCUT2D eigenvalue weighted by Gasteiger charge is -2.11. The summed E-state index contributed by atoms with van der Waals surface area (Å²) in [6.07, 6.45) is 0.411. The van der Waals surface area contributed by atoms with Crippen molar-refractivity contribution in [3.8, 4) is 0 Å². The summed E-state index contributed by atoms with van der Waals surface area (Å²) < 4.78 is 0. The Morgan fingerprint density at radius 3 is 2.56 bits per heavy atom. The van der Waals surface area contributed by atoms with Gasteiger partial charge < -0.3 is 11.1 Å². The molecule has 0 bridgehead atoms. The fraction of sp³-hybridized carbons (Fsp3) is 0.273. The first-order valence-electron chi connectivity index (χ1n) is 4.84. The molecule has 0 saturated carbocycles. The van der Waals surface area contributed by atoms with Gasteiger partial charge in [0, 0.05) is 23.0 Å². The number of thiocarbonyl (C=S) groups is 1. The Morgan fingerprint density at radius 1 is 1.50 bits per heavy atom. The van der Waals surface area contributed by atoms with E-state index in [1.807, 2.05) is 0 Å². The van der Waals surface area contributed by atoms with E-state index in [1.54, 1.807) is 31.2 Å². The smallest absolute Gasteiger partial charge is 0.227 e. The third kappa shape index (κ3) is 4.16. The molecule has 0 radical (unpaired) electrons. The number of amides is 1. The second kappa shape index (κ2) is 5.82. The molecular formula is C11H13ClN2OS. The molecule has 0 aliphatic carbocycles. The molecule has 0 aliphatic rings. The third-order valence-corrected chi connectivity index (χ3v) is 2.49. The topological polar surface area (TPSA) is 55.1 Å². The summed E-state index contributed by atoms with van der Waals surface area (Å²) in [5.74, 6) is -0.330. The summed E-state index contributed by atoms with van der Waals surface area (Å²) in [5.41, 5.74) is 6.09. The van der Waals surface area contributed by atoms with E-state index in [-0.39, 0.29) is 11.8 Å². The highest BCUT2D eigenvalue weighted by molar-refractivity contribution is 7.80. The van der Waals surface area contributed by atoms with Crippen LogP contribution in [0.5, 0.6) is 0 Å². The number of halogens is 1. The maximum atomic E-state index is 11.7. The van der Waals surface area contributed by atoms with E-state index in [0.29, 0.717) is 22.1 Å². The maximum absolute atomic E-state index is 11.7. The summed E-state index contributed by atoms with van der Waals surface area (Å²) in [6.45, 7) is 1.78. The second-order valence-corrected chi connectivity index (χ2v) is 4.53. The van der Waals surface area contributed by atoms with Gasteiger partial charge in [-0.25, -0.2) is 0 Å². The van der Waals surface area contributed by atoms with Gasteiger partial charge in [-0.2, -0.15) is 0 Å².